The monoisotopic (exact) mass is 394 g/mol. The summed E-state index contributed by atoms with van der Waals surface area (Å²) < 4.78 is 18.9. The molecule has 1 aliphatic rings. The standard InChI is InChI=1S/C19H34N4O3Si/c1-14(2)17-19(25-4)21-15(18(22-17)24-3)12-16-20-8-9-23(16)13-26-10-11-27(5,6)7/h8-9,14-15,17H,10-13H2,1-7H3. The second kappa shape index (κ2) is 9.50. The number of hydrogen-bond acceptors (Lipinski definition) is 6. The molecule has 0 fully saturated rings. The van der Waals surface area contributed by atoms with E-state index < -0.39 is 8.07 Å². The summed E-state index contributed by atoms with van der Waals surface area (Å²) in [4.78, 5) is 14.0. The highest BCUT2D eigenvalue weighted by Gasteiger charge is 2.31. The molecule has 0 bridgehead atoms. The molecule has 0 amide bonds. The lowest BCUT2D eigenvalue weighted by Gasteiger charge is -2.27. The topological polar surface area (TPSA) is 70.2 Å². The maximum atomic E-state index is 5.86. The number of hydrogen-bond donors (Lipinski definition) is 0. The summed E-state index contributed by atoms with van der Waals surface area (Å²) in [6.45, 7) is 12.5. The van der Waals surface area contributed by atoms with Crippen molar-refractivity contribution in [1.29, 1.82) is 0 Å². The smallest absolute Gasteiger partial charge is 0.209 e. The van der Waals surface area contributed by atoms with E-state index in [4.69, 9.17) is 24.2 Å². The molecule has 0 saturated carbocycles. The molecule has 7 nitrogen and oxygen atoms in total. The maximum Gasteiger partial charge on any atom is 0.209 e. The Morgan fingerprint density at radius 3 is 2.41 bits per heavy atom. The molecule has 27 heavy (non-hydrogen) atoms. The lowest BCUT2D eigenvalue weighted by Crippen LogP contribution is -2.38. The SMILES string of the molecule is COC1=NC(C(C)C)C(OC)=NC1Cc1nccn1COCC[Si](C)(C)C. The van der Waals surface area contributed by atoms with Gasteiger partial charge in [0.15, 0.2) is 0 Å². The van der Waals surface area contributed by atoms with Gasteiger partial charge in [0.1, 0.15) is 24.6 Å². The van der Waals surface area contributed by atoms with Crippen molar-refractivity contribution in [2.75, 3.05) is 20.8 Å². The molecule has 1 aromatic rings. The van der Waals surface area contributed by atoms with Crippen LogP contribution in [0.1, 0.15) is 19.7 Å². The first-order chi connectivity index (χ1) is 12.7. The second-order valence-corrected chi connectivity index (χ2v) is 14.0. The Bertz CT molecular complexity index is 664. The van der Waals surface area contributed by atoms with E-state index in [1.807, 2.05) is 10.8 Å². The molecule has 8 heteroatoms. The van der Waals surface area contributed by atoms with Crippen LogP contribution in [0, 0.1) is 5.92 Å². The molecule has 2 unspecified atom stereocenters. The van der Waals surface area contributed by atoms with Gasteiger partial charge in [-0.1, -0.05) is 33.5 Å². The van der Waals surface area contributed by atoms with Gasteiger partial charge in [0, 0.05) is 33.5 Å². The molecule has 152 valence electrons. The maximum absolute atomic E-state index is 5.86. The molecular weight excluding hydrogens is 360 g/mol. The first-order valence-corrected chi connectivity index (χ1v) is 13.3. The van der Waals surface area contributed by atoms with E-state index in [-0.39, 0.29) is 18.0 Å². The lowest BCUT2D eigenvalue weighted by molar-refractivity contribution is 0.0850. The third-order valence-corrected chi connectivity index (χ3v) is 6.25. The van der Waals surface area contributed by atoms with Gasteiger partial charge in [0.25, 0.3) is 0 Å². The van der Waals surface area contributed by atoms with Crippen molar-refractivity contribution >= 4 is 19.9 Å². The molecule has 0 radical (unpaired) electrons. The van der Waals surface area contributed by atoms with Gasteiger partial charge in [-0.3, -0.25) is 0 Å². The van der Waals surface area contributed by atoms with E-state index in [0.717, 1.165) is 18.5 Å². The van der Waals surface area contributed by atoms with Crippen molar-refractivity contribution in [3.63, 3.8) is 0 Å². The largest absolute Gasteiger partial charge is 0.483 e. The summed E-state index contributed by atoms with van der Waals surface area (Å²) in [7, 11) is 2.20. The van der Waals surface area contributed by atoms with Crippen LogP contribution in [0.25, 0.3) is 0 Å². The molecule has 2 atom stereocenters. The summed E-state index contributed by atoms with van der Waals surface area (Å²) in [6.07, 6.45) is 4.32. The first kappa shape index (κ1) is 21.6. The Kier molecular flexibility index (Phi) is 7.61. The van der Waals surface area contributed by atoms with Crippen LogP contribution in [0.2, 0.25) is 25.7 Å². The van der Waals surface area contributed by atoms with Crippen LogP contribution in [0.15, 0.2) is 22.4 Å². The molecule has 0 aromatic carbocycles. The molecule has 0 spiro atoms. The molecule has 2 rings (SSSR count). The van der Waals surface area contributed by atoms with E-state index in [2.05, 4.69) is 38.5 Å². The number of imidazole rings is 1. The van der Waals surface area contributed by atoms with Gasteiger partial charge in [-0.2, -0.15) is 0 Å². The normalized spacial score (nSPS) is 20.4. The summed E-state index contributed by atoms with van der Waals surface area (Å²) in [6, 6.07) is 0.812. The van der Waals surface area contributed by atoms with Crippen LogP contribution in [0.4, 0.5) is 0 Å². The second-order valence-electron chi connectivity index (χ2n) is 8.41. The highest BCUT2D eigenvalue weighted by Crippen LogP contribution is 2.19. The van der Waals surface area contributed by atoms with Gasteiger partial charge in [-0.25, -0.2) is 15.0 Å². The average Bonchev–Trinajstić information content (AvgIpc) is 3.04. The fourth-order valence-electron chi connectivity index (χ4n) is 2.85. The number of aromatic nitrogens is 2. The minimum atomic E-state index is -1.08. The van der Waals surface area contributed by atoms with Crippen molar-refractivity contribution in [1.82, 2.24) is 9.55 Å². The Hall–Kier alpha value is -1.67. The van der Waals surface area contributed by atoms with Gasteiger partial charge in [-0.15, -0.1) is 0 Å². The molecule has 0 aliphatic carbocycles. The van der Waals surface area contributed by atoms with Crippen LogP contribution in [-0.4, -0.2) is 62.3 Å². The fourth-order valence-corrected chi connectivity index (χ4v) is 3.61. The minimum absolute atomic E-state index is 0.106. The summed E-state index contributed by atoms with van der Waals surface area (Å²) in [5, 5.41) is 0. The van der Waals surface area contributed by atoms with Crippen LogP contribution in [0.3, 0.4) is 0 Å². The summed E-state index contributed by atoms with van der Waals surface area (Å²) in [5.41, 5.74) is 0. The zero-order valence-electron chi connectivity index (χ0n) is 17.7. The van der Waals surface area contributed by atoms with Crippen molar-refractivity contribution in [3.8, 4) is 0 Å². The van der Waals surface area contributed by atoms with Crippen LogP contribution < -0.4 is 0 Å². The third-order valence-electron chi connectivity index (χ3n) is 4.54. The van der Waals surface area contributed by atoms with Crippen LogP contribution >= 0.6 is 0 Å². The third kappa shape index (κ3) is 6.17. The van der Waals surface area contributed by atoms with E-state index in [1.165, 1.54) is 0 Å². The molecule has 1 aliphatic heterocycles. The summed E-state index contributed by atoms with van der Waals surface area (Å²) in [5.74, 6) is 2.47. The number of aliphatic imine (C=N–C) groups is 2. The average molecular weight is 395 g/mol. The Labute approximate surface area is 163 Å². The van der Waals surface area contributed by atoms with E-state index >= 15 is 0 Å². The zero-order chi connectivity index (χ0) is 20.0. The van der Waals surface area contributed by atoms with Crippen molar-refractivity contribution < 1.29 is 14.2 Å². The van der Waals surface area contributed by atoms with Gasteiger partial charge >= 0.3 is 0 Å². The van der Waals surface area contributed by atoms with E-state index in [1.54, 1.807) is 20.4 Å². The Morgan fingerprint density at radius 1 is 1.11 bits per heavy atom. The van der Waals surface area contributed by atoms with Crippen LogP contribution in [-0.2, 0) is 27.4 Å². The molecular formula is C19H34N4O3Si. The number of rotatable bonds is 8. The number of ether oxygens (including phenoxy) is 3. The minimum Gasteiger partial charge on any atom is -0.483 e. The molecule has 1 aromatic heterocycles. The molecule has 0 saturated heterocycles. The van der Waals surface area contributed by atoms with Gasteiger partial charge in [0.2, 0.25) is 11.8 Å². The first-order valence-electron chi connectivity index (χ1n) is 9.56. The molecule has 2 heterocycles. The van der Waals surface area contributed by atoms with Crippen molar-refractivity contribution in [2.24, 2.45) is 15.9 Å². The highest BCUT2D eigenvalue weighted by atomic mass is 28.3. The zero-order valence-corrected chi connectivity index (χ0v) is 18.7. The van der Waals surface area contributed by atoms with E-state index in [0.29, 0.717) is 24.9 Å². The number of nitrogens with zero attached hydrogens (tertiary/aromatic N) is 4. The van der Waals surface area contributed by atoms with Crippen LogP contribution in [0.5, 0.6) is 0 Å². The predicted octanol–water partition coefficient (Wildman–Crippen LogP) is 3.23. The number of methoxy groups -OCH3 is 2. The molecule has 0 N–H and O–H groups in total. The predicted molar refractivity (Wildman–Crippen MR) is 111 cm³/mol. The van der Waals surface area contributed by atoms with Crippen molar-refractivity contribution in [2.45, 2.75) is 64.8 Å². The van der Waals surface area contributed by atoms with Crippen molar-refractivity contribution in [3.05, 3.63) is 18.2 Å². The highest BCUT2D eigenvalue weighted by molar-refractivity contribution is 6.76. The Balaban J connectivity index is 2.05. The lowest BCUT2D eigenvalue weighted by atomic mass is 10.0. The van der Waals surface area contributed by atoms with Gasteiger partial charge in [-0.05, 0) is 12.0 Å². The van der Waals surface area contributed by atoms with Gasteiger partial charge in [0.05, 0.1) is 14.2 Å². The van der Waals surface area contributed by atoms with Gasteiger partial charge < -0.3 is 18.8 Å². The Morgan fingerprint density at radius 2 is 1.81 bits per heavy atom. The quantitative estimate of drug-likeness (QED) is 0.501. The summed E-state index contributed by atoms with van der Waals surface area (Å²) >= 11 is 0. The van der Waals surface area contributed by atoms with E-state index in [9.17, 15) is 0 Å². The fraction of sp³-hybridized carbons (Fsp3) is 0.737.